The molecule has 1 N–H and O–H groups in total. The lowest BCUT2D eigenvalue weighted by molar-refractivity contribution is 0.102. The van der Waals surface area contributed by atoms with E-state index in [0.29, 0.717) is 41.9 Å². The van der Waals surface area contributed by atoms with Crippen LogP contribution in [0.15, 0.2) is 30.5 Å². The van der Waals surface area contributed by atoms with Gasteiger partial charge in [0.15, 0.2) is 17.1 Å². The Bertz CT molecular complexity index is 1090. The van der Waals surface area contributed by atoms with E-state index in [-0.39, 0.29) is 11.9 Å². The summed E-state index contributed by atoms with van der Waals surface area (Å²) in [4.78, 5) is 18.0. The van der Waals surface area contributed by atoms with Crippen LogP contribution in [0.25, 0.3) is 11.0 Å². The molecule has 0 spiro atoms. The molecular formula is C22H24N4O3. The third-order valence-corrected chi connectivity index (χ3v) is 5.32. The van der Waals surface area contributed by atoms with Crippen LogP contribution in [0.3, 0.4) is 0 Å². The molecule has 7 nitrogen and oxygen atoms in total. The number of amides is 1. The summed E-state index contributed by atoms with van der Waals surface area (Å²) in [7, 11) is 0. The van der Waals surface area contributed by atoms with Crippen LogP contribution in [-0.2, 0) is 0 Å². The smallest absolute Gasteiger partial charge is 0.256 e. The van der Waals surface area contributed by atoms with Gasteiger partial charge in [-0.2, -0.15) is 5.10 Å². The first-order chi connectivity index (χ1) is 14.1. The molecule has 0 unspecified atom stereocenters. The van der Waals surface area contributed by atoms with Gasteiger partial charge in [-0.05, 0) is 44.9 Å². The number of anilines is 1. The Balaban J connectivity index is 1.50. The molecule has 2 aliphatic rings. The van der Waals surface area contributed by atoms with Crippen LogP contribution in [0.4, 0.5) is 5.69 Å². The molecule has 0 atom stereocenters. The molecule has 0 saturated heterocycles. The fourth-order valence-corrected chi connectivity index (χ4v) is 3.63. The molecule has 29 heavy (non-hydrogen) atoms. The predicted octanol–water partition coefficient (Wildman–Crippen LogP) is 4.30. The first kappa shape index (κ1) is 18.0. The van der Waals surface area contributed by atoms with E-state index in [1.807, 2.05) is 28.9 Å². The van der Waals surface area contributed by atoms with E-state index in [1.165, 1.54) is 0 Å². The number of rotatable bonds is 4. The highest BCUT2D eigenvalue weighted by atomic mass is 16.5. The van der Waals surface area contributed by atoms with Crippen molar-refractivity contribution < 1.29 is 14.3 Å². The van der Waals surface area contributed by atoms with Gasteiger partial charge in [0.25, 0.3) is 5.91 Å². The molecule has 0 radical (unpaired) electrons. The molecule has 2 aromatic heterocycles. The highest BCUT2D eigenvalue weighted by Gasteiger charge is 2.28. The molecular weight excluding hydrogens is 368 g/mol. The first-order valence-electron chi connectivity index (χ1n) is 10.2. The molecule has 5 rings (SSSR count). The topological polar surface area (TPSA) is 78.3 Å². The lowest BCUT2D eigenvalue weighted by atomic mass is 10.1. The zero-order chi connectivity index (χ0) is 20.0. The zero-order valence-electron chi connectivity index (χ0n) is 16.6. The standard InChI is InChI=1S/C22H24N4O3/c1-13(2)26-21-17(12-23-26)16(11-18(25-21)14-4-5-14)22(27)24-15-6-7-19-20(10-15)29-9-3-8-28-19/h6-7,10-14H,3-5,8-9H2,1-2H3,(H,24,27). The largest absolute Gasteiger partial charge is 0.490 e. The molecule has 1 fully saturated rings. The fourth-order valence-electron chi connectivity index (χ4n) is 3.63. The number of carbonyl (C=O) groups is 1. The number of carbonyl (C=O) groups excluding carboxylic acids is 1. The average molecular weight is 392 g/mol. The van der Waals surface area contributed by atoms with Crippen molar-refractivity contribution in [3.8, 4) is 11.5 Å². The minimum Gasteiger partial charge on any atom is -0.490 e. The Morgan fingerprint density at radius 2 is 1.97 bits per heavy atom. The van der Waals surface area contributed by atoms with Crippen LogP contribution in [0, 0.1) is 0 Å². The summed E-state index contributed by atoms with van der Waals surface area (Å²) >= 11 is 0. The van der Waals surface area contributed by atoms with Gasteiger partial charge in [0, 0.05) is 35.8 Å². The maximum Gasteiger partial charge on any atom is 0.256 e. The Hall–Kier alpha value is -3.09. The monoisotopic (exact) mass is 392 g/mol. The highest BCUT2D eigenvalue weighted by Crippen LogP contribution is 2.40. The van der Waals surface area contributed by atoms with Crippen molar-refractivity contribution in [1.82, 2.24) is 14.8 Å². The first-order valence-corrected chi connectivity index (χ1v) is 10.2. The van der Waals surface area contributed by atoms with Crippen molar-refractivity contribution >= 4 is 22.6 Å². The molecule has 0 bridgehead atoms. The summed E-state index contributed by atoms with van der Waals surface area (Å²) in [5.41, 5.74) is 3.03. The van der Waals surface area contributed by atoms with Gasteiger partial charge in [-0.15, -0.1) is 0 Å². The van der Waals surface area contributed by atoms with Gasteiger partial charge in [-0.3, -0.25) is 4.79 Å². The van der Waals surface area contributed by atoms with Gasteiger partial charge in [-0.1, -0.05) is 0 Å². The van der Waals surface area contributed by atoms with Gasteiger partial charge in [0.05, 0.1) is 30.4 Å². The summed E-state index contributed by atoms with van der Waals surface area (Å²) in [6.07, 6.45) is 4.83. The van der Waals surface area contributed by atoms with E-state index in [9.17, 15) is 4.79 Å². The lowest BCUT2D eigenvalue weighted by Crippen LogP contribution is -2.14. The Morgan fingerprint density at radius 1 is 1.17 bits per heavy atom. The van der Waals surface area contributed by atoms with E-state index in [1.54, 1.807) is 6.20 Å². The average Bonchev–Trinajstić information content (AvgIpc) is 3.50. The Kier molecular flexibility index (Phi) is 4.38. The second-order valence-corrected chi connectivity index (χ2v) is 7.96. The summed E-state index contributed by atoms with van der Waals surface area (Å²) in [5.74, 6) is 1.64. The van der Waals surface area contributed by atoms with E-state index < -0.39 is 0 Å². The molecule has 3 heterocycles. The summed E-state index contributed by atoms with van der Waals surface area (Å²) < 4.78 is 13.3. The number of nitrogens with one attached hydrogen (secondary N) is 1. The number of benzene rings is 1. The van der Waals surface area contributed by atoms with Gasteiger partial charge < -0.3 is 14.8 Å². The van der Waals surface area contributed by atoms with Crippen molar-refractivity contribution in [2.75, 3.05) is 18.5 Å². The molecule has 1 saturated carbocycles. The van der Waals surface area contributed by atoms with E-state index in [4.69, 9.17) is 14.5 Å². The maximum absolute atomic E-state index is 13.2. The quantitative estimate of drug-likeness (QED) is 0.716. The van der Waals surface area contributed by atoms with Crippen molar-refractivity contribution in [2.24, 2.45) is 0 Å². The second-order valence-electron chi connectivity index (χ2n) is 7.96. The molecule has 1 amide bonds. The van der Waals surface area contributed by atoms with Crippen LogP contribution >= 0.6 is 0 Å². The Morgan fingerprint density at radius 3 is 2.72 bits per heavy atom. The SMILES string of the molecule is CC(C)n1ncc2c(C(=O)Nc3ccc4c(c3)OCCCO4)cc(C3CC3)nc21. The van der Waals surface area contributed by atoms with Crippen LogP contribution in [0.5, 0.6) is 11.5 Å². The summed E-state index contributed by atoms with van der Waals surface area (Å²) in [6.45, 7) is 5.37. The van der Waals surface area contributed by atoms with E-state index >= 15 is 0 Å². The third-order valence-electron chi connectivity index (χ3n) is 5.32. The predicted molar refractivity (Wildman–Crippen MR) is 110 cm³/mol. The number of pyridine rings is 1. The molecule has 7 heteroatoms. The maximum atomic E-state index is 13.2. The third kappa shape index (κ3) is 3.41. The van der Waals surface area contributed by atoms with Crippen LogP contribution in [0.1, 0.15) is 61.1 Å². The van der Waals surface area contributed by atoms with Crippen molar-refractivity contribution in [3.63, 3.8) is 0 Å². The summed E-state index contributed by atoms with van der Waals surface area (Å²) in [6, 6.07) is 7.58. The second kappa shape index (κ2) is 7.06. The normalized spacial score (nSPS) is 16.1. The number of fused-ring (bicyclic) bond motifs is 2. The number of hydrogen-bond donors (Lipinski definition) is 1. The Labute approximate surface area is 169 Å². The zero-order valence-corrected chi connectivity index (χ0v) is 16.6. The molecule has 1 aliphatic heterocycles. The fraction of sp³-hybridized carbons (Fsp3) is 0.409. The van der Waals surface area contributed by atoms with Crippen molar-refractivity contribution in [1.29, 1.82) is 0 Å². The molecule has 1 aliphatic carbocycles. The van der Waals surface area contributed by atoms with Gasteiger partial charge in [0.1, 0.15) is 0 Å². The summed E-state index contributed by atoms with van der Waals surface area (Å²) in [5, 5.41) is 8.25. The highest BCUT2D eigenvalue weighted by molar-refractivity contribution is 6.12. The lowest BCUT2D eigenvalue weighted by Gasteiger charge is -2.12. The number of nitrogens with zero attached hydrogens (tertiary/aromatic N) is 3. The van der Waals surface area contributed by atoms with Crippen LogP contribution in [0.2, 0.25) is 0 Å². The minimum absolute atomic E-state index is 0.169. The number of aromatic nitrogens is 3. The van der Waals surface area contributed by atoms with Gasteiger partial charge in [0.2, 0.25) is 0 Å². The molecule has 3 aromatic rings. The van der Waals surface area contributed by atoms with Crippen molar-refractivity contribution in [3.05, 3.63) is 41.7 Å². The molecule has 150 valence electrons. The van der Waals surface area contributed by atoms with Gasteiger partial charge in [-0.25, -0.2) is 9.67 Å². The van der Waals surface area contributed by atoms with E-state index in [0.717, 1.165) is 36.0 Å². The number of hydrogen-bond acceptors (Lipinski definition) is 5. The van der Waals surface area contributed by atoms with E-state index in [2.05, 4.69) is 24.3 Å². The molecule has 1 aromatic carbocycles. The number of ether oxygens (including phenoxy) is 2. The van der Waals surface area contributed by atoms with Crippen molar-refractivity contribution in [2.45, 2.75) is 45.1 Å². The van der Waals surface area contributed by atoms with Crippen LogP contribution < -0.4 is 14.8 Å². The minimum atomic E-state index is -0.169. The van der Waals surface area contributed by atoms with Gasteiger partial charge >= 0.3 is 0 Å². The van der Waals surface area contributed by atoms with Crippen LogP contribution in [-0.4, -0.2) is 33.9 Å².